The number of nitrogens with two attached hydrogens (primary N) is 1. The molecule has 1 heterocycles. The van der Waals surface area contributed by atoms with Crippen LogP contribution in [0, 0.1) is 0 Å². The molecule has 3 nitrogen and oxygen atoms in total. The summed E-state index contributed by atoms with van der Waals surface area (Å²) in [6.45, 7) is 0.705. The topological polar surface area (TPSA) is 54.7 Å². The van der Waals surface area contributed by atoms with Gasteiger partial charge >= 0.3 is 0 Å². The Bertz CT molecular complexity index is 465. The van der Waals surface area contributed by atoms with Gasteiger partial charge in [-0.15, -0.1) is 0 Å². The van der Waals surface area contributed by atoms with Crippen LogP contribution in [0.1, 0.15) is 12.1 Å². The van der Waals surface area contributed by atoms with Crippen LogP contribution < -0.4 is 5.73 Å². The summed E-state index contributed by atoms with van der Waals surface area (Å²) in [7, 11) is 0. The second kappa shape index (κ2) is 5.27. The van der Waals surface area contributed by atoms with Crippen molar-refractivity contribution in [3.05, 3.63) is 40.6 Å². The van der Waals surface area contributed by atoms with Gasteiger partial charge in [0.25, 0.3) is 0 Å². The van der Waals surface area contributed by atoms with Gasteiger partial charge in [-0.05, 0) is 37.1 Å². The lowest BCUT2D eigenvalue weighted by atomic mass is 10.0. The molecule has 0 amide bonds. The molecule has 0 radical (unpaired) electrons. The third-order valence-corrected chi connectivity index (χ3v) is 2.98. The Labute approximate surface area is 103 Å². The molecule has 0 bridgehead atoms. The number of halogens is 1. The first kappa shape index (κ1) is 11.4. The van der Waals surface area contributed by atoms with E-state index in [1.807, 2.05) is 18.3 Å². The van der Waals surface area contributed by atoms with Gasteiger partial charge in [-0.3, -0.25) is 5.10 Å². The smallest absolute Gasteiger partial charge is 0.0568 e. The Morgan fingerprint density at radius 2 is 2.25 bits per heavy atom. The standard InChI is InChI=1S/C12H14BrN3/c13-10-4-1-3-9(7-10)11-8-15-16-12(11)5-2-6-14/h1,3-4,7-8H,2,5-6,14H2,(H,15,16). The SMILES string of the molecule is NCCCc1[nH]ncc1-c1cccc(Br)c1. The highest BCUT2D eigenvalue weighted by atomic mass is 79.9. The maximum Gasteiger partial charge on any atom is 0.0568 e. The van der Waals surface area contributed by atoms with Crippen LogP contribution >= 0.6 is 15.9 Å². The monoisotopic (exact) mass is 279 g/mol. The first-order chi connectivity index (χ1) is 7.81. The zero-order chi connectivity index (χ0) is 11.4. The Hall–Kier alpha value is -1.13. The van der Waals surface area contributed by atoms with E-state index >= 15 is 0 Å². The van der Waals surface area contributed by atoms with Gasteiger partial charge in [0.05, 0.1) is 6.20 Å². The van der Waals surface area contributed by atoms with Crippen LogP contribution in [-0.2, 0) is 6.42 Å². The minimum Gasteiger partial charge on any atom is -0.330 e. The van der Waals surface area contributed by atoms with E-state index in [1.54, 1.807) is 0 Å². The number of aromatic nitrogens is 2. The number of benzene rings is 1. The molecule has 16 heavy (non-hydrogen) atoms. The molecule has 1 aromatic heterocycles. The third kappa shape index (κ3) is 2.51. The van der Waals surface area contributed by atoms with E-state index < -0.39 is 0 Å². The van der Waals surface area contributed by atoms with Gasteiger partial charge in [0.1, 0.15) is 0 Å². The highest BCUT2D eigenvalue weighted by Gasteiger charge is 2.07. The fourth-order valence-corrected chi connectivity index (χ4v) is 2.09. The van der Waals surface area contributed by atoms with Crippen LogP contribution in [0.3, 0.4) is 0 Å². The van der Waals surface area contributed by atoms with Crippen molar-refractivity contribution in [2.24, 2.45) is 5.73 Å². The van der Waals surface area contributed by atoms with Gasteiger partial charge in [0.15, 0.2) is 0 Å². The number of aromatic amines is 1. The minimum atomic E-state index is 0.705. The molecule has 0 aliphatic rings. The average molecular weight is 280 g/mol. The van der Waals surface area contributed by atoms with Gasteiger partial charge in [0, 0.05) is 15.7 Å². The zero-order valence-electron chi connectivity index (χ0n) is 8.91. The number of H-pyrrole nitrogens is 1. The Balaban J connectivity index is 2.29. The molecule has 0 atom stereocenters. The van der Waals surface area contributed by atoms with Gasteiger partial charge in [0.2, 0.25) is 0 Å². The predicted molar refractivity (Wildman–Crippen MR) is 69.1 cm³/mol. The van der Waals surface area contributed by atoms with E-state index in [0.29, 0.717) is 6.54 Å². The summed E-state index contributed by atoms with van der Waals surface area (Å²) < 4.78 is 1.08. The van der Waals surface area contributed by atoms with E-state index in [1.165, 1.54) is 5.56 Å². The zero-order valence-corrected chi connectivity index (χ0v) is 10.5. The van der Waals surface area contributed by atoms with Crippen LogP contribution in [0.15, 0.2) is 34.9 Å². The Morgan fingerprint density at radius 1 is 1.38 bits per heavy atom. The molecular weight excluding hydrogens is 266 g/mol. The first-order valence-corrected chi connectivity index (χ1v) is 6.09. The number of rotatable bonds is 4. The Kier molecular flexibility index (Phi) is 3.74. The molecule has 0 saturated carbocycles. The van der Waals surface area contributed by atoms with Crippen LogP contribution in [0.4, 0.5) is 0 Å². The number of aryl methyl sites for hydroxylation is 1. The van der Waals surface area contributed by atoms with Crippen molar-refractivity contribution in [3.63, 3.8) is 0 Å². The van der Waals surface area contributed by atoms with Crippen molar-refractivity contribution in [2.75, 3.05) is 6.54 Å². The highest BCUT2D eigenvalue weighted by Crippen LogP contribution is 2.25. The maximum atomic E-state index is 5.52. The van der Waals surface area contributed by atoms with Gasteiger partial charge < -0.3 is 5.73 Å². The summed E-state index contributed by atoms with van der Waals surface area (Å²) >= 11 is 3.47. The van der Waals surface area contributed by atoms with Crippen molar-refractivity contribution >= 4 is 15.9 Å². The lowest BCUT2D eigenvalue weighted by molar-refractivity contribution is 0.805. The number of hydrogen-bond donors (Lipinski definition) is 2. The molecule has 0 fully saturated rings. The number of hydrogen-bond acceptors (Lipinski definition) is 2. The van der Waals surface area contributed by atoms with Crippen molar-refractivity contribution in [1.82, 2.24) is 10.2 Å². The molecule has 0 saturated heterocycles. The number of nitrogens with zero attached hydrogens (tertiary/aromatic N) is 1. The van der Waals surface area contributed by atoms with E-state index in [9.17, 15) is 0 Å². The molecule has 2 rings (SSSR count). The maximum absolute atomic E-state index is 5.52. The predicted octanol–water partition coefficient (Wildman–Crippen LogP) is 2.73. The summed E-state index contributed by atoms with van der Waals surface area (Å²) in [5.74, 6) is 0. The third-order valence-electron chi connectivity index (χ3n) is 2.48. The van der Waals surface area contributed by atoms with Crippen LogP contribution in [0.2, 0.25) is 0 Å². The second-order valence-corrected chi connectivity index (χ2v) is 4.58. The van der Waals surface area contributed by atoms with Crippen molar-refractivity contribution in [2.45, 2.75) is 12.8 Å². The van der Waals surface area contributed by atoms with Gasteiger partial charge in [-0.25, -0.2) is 0 Å². The van der Waals surface area contributed by atoms with Gasteiger partial charge in [-0.2, -0.15) is 5.10 Å². The summed E-state index contributed by atoms with van der Waals surface area (Å²) in [5, 5.41) is 7.14. The first-order valence-electron chi connectivity index (χ1n) is 5.29. The molecule has 84 valence electrons. The molecule has 1 aromatic carbocycles. The summed E-state index contributed by atoms with van der Waals surface area (Å²) in [6, 6.07) is 8.22. The van der Waals surface area contributed by atoms with E-state index in [-0.39, 0.29) is 0 Å². The molecule has 2 aromatic rings. The van der Waals surface area contributed by atoms with Crippen molar-refractivity contribution in [3.8, 4) is 11.1 Å². The quantitative estimate of drug-likeness (QED) is 0.904. The van der Waals surface area contributed by atoms with Gasteiger partial charge in [-0.1, -0.05) is 28.1 Å². The molecule has 3 N–H and O–H groups in total. The largest absolute Gasteiger partial charge is 0.330 e. The van der Waals surface area contributed by atoms with Crippen LogP contribution in [0.5, 0.6) is 0 Å². The fraction of sp³-hybridized carbons (Fsp3) is 0.250. The van der Waals surface area contributed by atoms with Crippen molar-refractivity contribution in [1.29, 1.82) is 0 Å². The molecule has 0 aliphatic heterocycles. The minimum absolute atomic E-state index is 0.705. The van der Waals surface area contributed by atoms with Crippen LogP contribution in [0.25, 0.3) is 11.1 Å². The molecule has 0 unspecified atom stereocenters. The number of nitrogens with one attached hydrogen (secondary N) is 1. The normalized spacial score (nSPS) is 10.6. The summed E-state index contributed by atoms with van der Waals surface area (Å²) in [5.41, 5.74) is 9.01. The van der Waals surface area contributed by atoms with E-state index in [2.05, 4.69) is 38.3 Å². The molecular formula is C12H14BrN3. The second-order valence-electron chi connectivity index (χ2n) is 3.66. The fourth-order valence-electron chi connectivity index (χ4n) is 1.69. The Morgan fingerprint density at radius 3 is 3.00 bits per heavy atom. The highest BCUT2D eigenvalue weighted by molar-refractivity contribution is 9.10. The molecule has 0 aliphatic carbocycles. The summed E-state index contributed by atoms with van der Waals surface area (Å²) in [6.07, 6.45) is 3.79. The lowest BCUT2D eigenvalue weighted by Gasteiger charge is -2.03. The molecule has 4 heteroatoms. The van der Waals surface area contributed by atoms with E-state index in [0.717, 1.165) is 28.6 Å². The lowest BCUT2D eigenvalue weighted by Crippen LogP contribution is -2.01. The average Bonchev–Trinajstić information content (AvgIpc) is 2.74. The van der Waals surface area contributed by atoms with Crippen molar-refractivity contribution < 1.29 is 0 Å². The van der Waals surface area contributed by atoms with E-state index in [4.69, 9.17) is 5.73 Å². The van der Waals surface area contributed by atoms with Crippen LogP contribution in [-0.4, -0.2) is 16.7 Å². The molecule has 0 spiro atoms. The summed E-state index contributed by atoms with van der Waals surface area (Å²) in [4.78, 5) is 0.